The standard InChI is InChI=1S/C17H23NO3/c19-16-13-7-4-8-14(16)10-15(9-13)18-17(20)21-11-12-5-2-1-3-6-12/h1-3,5-6,13-16,19H,4,7-11H2,(H,18,20). The smallest absolute Gasteiger partial charge is 0.407 e. The number of hydrogen-bond donors (Lipinski definition) is 2. The molecule has 3 rings (SSSR count). The van der Waals surface area contributed by atoms with E-state index in [1.54, 1.807) is 0 Å². The molecule has 2 N–H and O–H groups in total. The predicted molar refractivity (Wildman–Crippen MR) is 79.6 cm³/mol. The summed E-state index contributed by atoms with van der Waals surface area (Å²) in [6.07, 6.45) is 4.59. The van der Waals surface area contributed by atoms with Crippen molar-refractivity contribution in [2.45, 2.75) is 50.9 Å². The molecule has 0 aliphatic heterocycles. The van der Waals surface area contributed by atoms with E-state index in [9.17, 15) is 9.90 Å². The fourth-order valence-corrected chi connectivity index (χ4v) is 3.76. The number of carbonyl (C=O) groups excluding carboxylic acids is 1. The van der Waals surface area contributed by atoms with Crippen molar-refractivity contribution in [1.82, 2.24) is 5.32 Å². The summed E-state index contributed by atoms with van der Waals surface area (Å²) in [5, 5.41) is 13.1. The molecule has 4 heteroatoms. The predicted octanol–water partition coefficient (Wildman–Crippen LogP) is 2.85. The van der Waals surface area contributed by atoms with Crippen LogP contribution >= 0.6 is 0 Å². The summed E-state index contributed by atoms with van der Waals surface area (Å²) in [6, 6.07) is 9.83. The number of nitrogens with one attached hydrogen (secondary N) is 1. The summed E-state index contributed by atoms with van der Waals surface area (Å²) in [6.45, 7) is 0.300. The van der Waals surface area contributed by atoms with Crippen molar-refractivity contribution in [2.24, 2.45) is 11.8 Å². The van der Waals surface area contributed by atoms with Crippen LogP contribution in [0.1, 0.15) is 37.7 Å². The van der Waals surface area contributed by atoms with Gasteiger partial charge in [-0.05, 0) is 43.1 Å². The van der Waals surface area contributed by atoms with Crippen LogP contribution < -0.4 is 5.32 Å². The summed E-state index contributed by atoms with van der Waals surface area (Å²) in [7, 11) is 0. The van der Waals surface area contributed by atoms with E-state index in [2.05, 4.69) is 5.32 Å². The molecule has 2 atom stereocenters. The van der Waals surface area contributed by atoms with Gasteiger partial charge in [0.2, 0.25) is 0 Å². The monoisotopic (exact) mass is 289 g/mol. The topological polar surface area (TPSA) is 58.6 Å². The first-order chi connectivity index (χ1) is 10.2. The number of aliphatic hydroxyl groups is 1. The van der Waals surface area contributed by atoms with Crippen molar-refractivity contribution < 1.29 is 14.6 Å². The number of rotatable bonds is 3. The minimum Gasteiger partial charge on any atom is -0.445 e. The molecule has 4 nitrogen and oxygen atoms in total. The van der Waals surface area contributed by atoms with Crippen molar-refractivity contribution in [3.8, 4) is 0 Å². The molecule has 2 bridgehead atoms. The van der Waals surface area contributed by atoms with Crippen molar-refractivity contribution in [2.75, 3.05) is 0 Å². The molecular weight excluding hydrogens is 266 g/mol. The summed E-state index contributed by atoms with van der Waals surface area (Å²) >= 11 is 0. The van der Waals surface area contributed by atoms with Gasteiger partial charge in [0.1, 0.15) is 6.61 Å². The first-order valence-electron chi connectivity index (χ1n) is 7.87. The van der Waals surface area contributed by atoms with E-state index in [-0.39, 0.29) is 18.2 Å². The van der Waals surface area contributed by atoms with E-state index in [1.807, 2.05) is 30.3 Å². The highest BCUT2D eigenvalue weighted by Gasteiger charge is 2.39. The molecule has 0 radical (unpaired) electrons. The van der Waals surface area contributed by atoms with Crippen LogP contribution in [0.3, 0.4) is 0 Å². The maximum Gasteiger partial charge on any atom is 0.407 e. The van der Waals surface area contributed by atoms with Gasteiger partial charge in [0.05, 0.1) is 6.10 Å². The van der Waals surface area contributed by atoms with Crippen molar-refractivity contribution >= 4 is 6.09 Å². The molecule has 0 spiro atoms. The Morgan fingerprint density at radius 3 is 2.52 bits per heavy atom. The minimum absolute atomic E-state index is 0.145. The molecule has 1 amide bonds. The average molecular weight is 289 g/mol. The lowest BCUT2D eigenvalue weighted by molar-refractivity contribution is -0.0251. The largest absolute Gasteiger partial charge is 0.445 e. The van der Waals surface area contributed by atoms with E-state index in [0.29, 0.717) is 18.4 Å². The van der Waals surface area contributed by atoms with Gasteiger partial charge in [-0.2, -0.15) is 0 Å². The Hall–Kier alpha value is -1.55. The normalized spacial score (nSPS) is 31.5. The van der Waals surface area contributed by atoms with E-state index < -0.39 is 0 Å². The Morgan fingerprint density at radius 1 is 1.19 bits per heavy atom. The molecule has 0 saturated heterocycles. The highest BCUT2D eigenvalue weighted by atomic mass is 16.5. The molecule has 2 aliphatic rings. The van der Waals surface area contributed by atoms with Gasteiger partial charge in [0.15, 0.2) is 0 Å². The highest BCUT2D eigenvalue weighted by molar-refractivity contribution is 5.67. The average Bonchev–Trinajstić information content (AvgIpc) is 2.47. The third kappa shape index (κ3) is 3.56. The van der Waals surface area contributed by atoms with Gasteiger partial charge >= 0.3 is 6.09 Å². The molecule has 2 aliphatic carbocycles. The van der Waals surface area contributed by atoms with Gasteiger partial charge in [-0.25, -0.2) is 4.79 Å². The number of aliphatic hydroxyl groups excluding tert-OH is 1. The summed E-state index contributed by atoms with van der Waals surface area (Å²) in [4.78, 5) is 11.9. The molecule has 114 valence electrons. The lowest BCUT2D eigenvalue weighted by atomic mass is 9.68. The number of benzene rings is 1. The lowest BCUT2D eigenvalue weighted by Gasteiger charge is -2.43. The molecule has 1 aromatic carbocycles. The number of carbonyl (C=O) groups is 1. The second kappa shape index (κ2) is 6.48. The number of ether oxygens (including phenoxy) is 1. The lowest BCUT2D eigenvalue weighted by Crippen LogP contribution is -2.48. The van der Waals surface area contributed by atoms with E-state index in [0.717, 1.165) is 31.2 Å². The van der Waals surface area contributed by atoms with Crippen LogP contribution in [0.5, 0.6) is 0 Å². The quantitative estimate of drug-likeness (QED) is 0.899. The van der Waals surface area contributed by atoms with Gasteiger partial charge in [0.25, 0.3) is 0 Å². The van der Waals surface area contributed by atoms with Crippen molar-refractivity contribution in [1.29, 1.82) is 0 Å². The Balaban J connectivity index is 1.47. The summed E-state index contributed by atoms with van der Waals surface area (Å²) in [5.74, 6) is 0.689. The number of fused-ring (bicyclic) bond motifs is 2. The number of amides is 1. The van der Waals surface area contributed by atoms with Crippen molar-refractivity contribution in [3.05, 3.63) is 35.9 Å². The fourth-order valence-electron chi connectivity index (χ4n) is 3.76. The molecule has 2 fully saturated rings. The molecule has 1 aromatic rings. The number of hydrogen-bond acceptors (Lipinski definition) is 3. The SMILES string of the molecule is O=C(NC1CC2CCCC(C1)C2O)OCc1ccccc1. The van der Waals surface area contributed by atoms with E-state index in [1.165, 1.54) is 6.42 Å². The van der Waals surface area contributed by atoms with Gasteiger partial charge in [-0.15, -0.1) is 0 Å². The molecule has 0 aromatic heterocycles. The first kappa shape index (κ1) is 14.4. The molecule has 0 heterocycles. The fraction of sp³-hybridized carbons (Fsp3) is 0.588. The zero-order chi connectivity index (χ0) is 14.7. The maximum atomic E-state index is 11.9. The van der Waals surface area contributed by atoms with E-state index >= 15 is 0 Å². The minimum atomic E-state index is -0.349. The van der Waals surface area contributed by atoms with Crippen LogP contribution in [0.15, 0.2) is 30.3 Å². The van der Waals surface area contributed by atoms with Crippen LogP contribution in [-0.4, -0.2) is 23.3 Å². The van der Waals surface area contributed by atoms with Crippen LogP contribution in [-0.2, 0) is 11.3 Å². The van der Waals surface area contributed by atoms with Gasteiger partial charge in [0, 0.05) is 6.04 Å². The zero-order valence-corrected chi connectivity index (χ0v) is 12.2. The molecular formula is C17H23NO3. The molecule has 21 heavy (non-hydrogen) atoms. The Kier molecular flexibility index (Phi) is 4.44. The van der Waals surface area contributed by atoms with Crippen LogP contribution in [0, 0.1) is 11.8 Å². The van der Waals surface area contributed by atoms with Gasteiger partial charge in [-0.3, -0.25) is 0 Å². The van der Waals surface area contributed by atoms with Crippen molar-refractivity contribution in [3.63, 3.8) is 0 Å². The summed E-state index contributed by atoms with van der Waals surface area (Å²) < 4.78 is 5.27. The van der Waals surface area contributed by atoms with Gasteiger partial charge < -0.3 is 15.2 Å². The molecule has 2 saturated carbocycles. The van der Waals surface area contributed by atoms with Crippen LogP contribution in [0.2, 0.25) is 0 Å². The van der Waals surface area contributed by atoms with E-state index in [4.69, 9.17) is 4.74 Å². The number of alkyl carbamates (subject to hydrolysis) is 1. The first-order valence-corrected chi connectivity index (χ1v) is 7.87. The highest BCUT2D eigenvalue weighted by Crippen LogP contribution is 2.40. The Bertz CT molecular complexity index is 462. The Labute approximate surface area is 125 Å². The van der Waals surface area contributed by atoms with Gasteiger partial charge in [-0.1, -0.05) is 36.8 Å². The zero-order valence-electron chi connectivity index (χ0n) is 12.2. The maximum absolute atomic E-state index is 11.9. The van der Waals surface area contributed by atoms with Crippen LogP contribution in [0.4, 0.5) is 4.79 Å². The Morgan fingerprint density at radius 2 is 1.86 bits per heavy atom. The van der Waals surface area contributed by atoms with Crippen LogP contribution in [0.25, 0.3) is 0 Å². The molecule has 2 unspecified atom stereocenters. The third-order valence-electron chi connectivity index (χ3n) is 4.83. The summed E-state index contributed by atoms with van der Waals surface area (Å²) in [5.41, 5.74) is 0.989. The third-order valence-corrected chi connectivity index (χ3v) is 4.83. The second-order valence-electron chi connectivity index (χ2n) is 6.32. The second-order valence-corrected chi connectivity index (χ2v) is 6.32.